The van der Waals surface area contributed by atoms with Crippen LogP contribution in [0.3, 0.4) is 0 Å². The summed E-state index contributed by atoms with van der Waals surface area (Å²) in [5.41, 5.74) is 10.9. The Morgan fingerprint density at radius 3 is 2.42 bits per heavy atom. The summed E-state index contributed by atoms with van der Waals surface area (Å²) in [4.78, 5) is 0. The van der Waals surface area contributed by atoms with Crippen molar-refractivity contribution in [2.24, 2.45) is 5.73 Å². The fourth-order valence-corrected chi connectivity index (χ4v) is 2.44. The Morgan fingerprint density at radius 2 is 1.74 bits per heavy atom. The van der Waals surface area contributed by atoms with E-state index in [-0.39, 0.29) is 6.04 Å². The molecule has 19 heavy (non-hydrogen) atoms. The van der Waals surface area contributed by atoms with Gasteiger partial charge in [0.05, 0.1) is 0 Å². The number of nitrogens with two attached hydrogens (primary N) is 1. The van der Waals surface area contributed by atoms with Gasteiger partial charge in [0.1, 0.15) is 0 Å². The van der Waals surface area contributed by atoms with E-state index in [0.29, 0.717) is 16.5 Å². The average molecular weight is 294 g/mol. The molecule has 0 saturated carbocycles. The third-order valence-electron chi connectivity index (χ3n) is 3.41. The Balaban J connectivity index is 2.22. The first-order chi connectivity index (χ1) is 8.97. The van der Waals surface area contributed by atoms with Gasteiger partial charge >= 0.3 is 0 Å². The van der Waals surface area contributed by atoms with Crippen molar-refractivity contribution in [3.63, 3.8) is 0 Å². The fraction of sp³-hybridized carbons (Fsp3) is 0.250. The van der Waals surface area contributed by atoms with E-state index in [1.807, 2.05) is 12.1 Å². The number of aryl methyl sites for hydroxylation is 2. The second kappa shape index (κ2) is 5.96. The summed E-state index contributed by atoms with van der Waals surface area (Å²) in [6.45, 7) is 4.19. The van der Waals surface area contributed by atoms with E-state index >= 15 is 0 Å². The van der Waals surface area contributed by atoms with Crippen molar-refractivity contribution in [2.45, 2.75) is 26.3 Å². The van der Waals surface area contributed by atoms with Gasteiger partial charge < -0.3 is 5.73 Å². The topological polar surface area (TPSA) is 26.0 Å². The molecule has 0 aliphatic rings. The summed E-state index contributed by atoms with van der Waals surface area (Å²) in [7, 11) is 0. The molecule has 0 saturated heterocycles. The molecule has 0 heterocycles. The molecule has 2 aromatic rings. The largest absolute Gasteiger partial charge is 0.324 e. The summed E-state index contributed by atoms with van der Waals surface area (Å²) < 4.78 is 0. The van der Waals surface area contributed by atoms with Gasteiger partial charge in [-0.05, 0) is 60.7 Å². The molecule has 0 aliphatic heterocycles. The minimum atomic E-state index is -0.0738. The van der Waals surface area contributed by atoms with E-state index in [2.05, 4.69) is 32.0 Å². The van der Waals surface area contributed by atoms with Crippen LogP contribution in [0.4, 0.5) is 0 Å². The van der Waals surface area contributed by atoms with Crippen LogP contribution in [-0.4, -0.2) is 0 Å². The Bertz CT molecular complexity index is 593. The van der Waals surface area contributed by atoms with Crippen molar-refractivity contribution in [2.75, 3.05) is 0 Å². The molecule has 0 aromatic heterocycles. The molecule has 1 unspecified atom stereocenters. The molecule has 2 aromatic carbocycles. The minimum Gasteiger partial charge on any atom is -0.324 e. The maximum atomic E-state index is 6.26. The minimum absolute atomic E-state index is 0.0738. The Hall–Kier alpha value is -1.02. The van der Waals surface area contributed by atoms with Gasteiger partial charge in [0.15, 0.2) is 0 Å². The Morgan fingerprint density at radius 1 is 1.00 bits per heavy atom. The van der Waals surface area contributed by atoms with E-state index in [0.717, 1.165) is 11.1 Å². The molecular formula is C16H17Cl2N. The van der Waals surface area contributed by atoms with Gasteiger partial charge in [-0.3, -0.25) is 0 Å². The van der Waals surface area contributed by atoms with Crippen LogP contribution in [0.1, 0.15) is 28.3 Å². The SMILES string of the molecule is Cc1ccc(C(N)Cc2cc(Cl)ccc2Cl)cc1C. The van der Waals surface area contributed by atoms with Gasteiger partial charge in [-0.15, -0.1) is 0 Å². The molecule has 1 atom stereocenters. The lowest BCUT2D eigenvalue weighted by Gasteiger charge is -2.15. The molecule has 3 heteroatoms. The van der Waals surface area contributed by atoms with E-state index in [1.54, 1.807) is 6.07 Å². The van der Waals surface area contributed by atoms with Crippen LogP contribution in [0.5, 0.6) is 0 Å². The van der Waals surface area contributed by atoms with Gasteiger partial charge in [0.2, 0.25) is 0 Å². The summed E-state index contributed by atoms with van der Waals surface area (Å²) >= 11 is 12.2. The van der Waals surface area contributed by atoms with Crippen LogP contribution in [0.25, 0.3) is 0 Å². The van der Waals surface area contributed by atoms with E-state index < -0.39 is 0 Å². The van der Waals surface area contributed by atoms with Gasteiger partial charge in [-0.1, -0.05) is 41.4 Å². The zero-order valence-electron chi connectivity index (χ0n) is 11.1. The first kappa shape index (κ1) is 14.4. The number of hydrogen-bond acceptors (Lipinski definition) is 1. The first-order valence-electron chi connectivity index (χ1n) is 6.24. The van der Waals surface area contributed by atoms with Crippen molar-refractivity contribution < 1.29 is 0 Å². The first-order valence-corrected chi connectivity index (χ1v) is 6.99. The van der Waals surface area contributed by atoms with Crippen molar-refractivity contribution in [1.82, 2.24) is 0 Å². The highest BCUT2D eigenvalue weighted by molar-refractivity contribution is 6.33. The summed E-state index contributed by atoms with van der Waals surface area (Å²) in [5, 5.41) is 1.40. The molecule has 0 radical (unpaired) electrons. The molecular weight excluding hydrogens is 277 g/mol. The third kappa shape index (κ3) is 3.50. The van der Waals surface area contributed by atoms with E-state index in [9.17, 15) is 0 Å². The van der Waals surface area contributed by atoms with Crippen molar-refractivity contribution in [3.8, 4) is 0 Å². The average Bonchev–Trinajstić information content (AvgIpc) is 2.37. The number of hydrogen-bond donors (Lipinski definition) is 1. The quantitative estimate of drug-likeness (QED) is 0.860. The second-order valence-corrected chi connectivity index (χ2v) is 5.73. The van der Waals surface area contributed by atoms with Crippen molar-refractivity contribution >= 4 is 23.2 Å². The monoisotopic (exact) mass is 293 g/mol. The maximum absolute atomic E-state index is 6.26. The van der Waals surface area contributed by atoms with E-state index in [4.69, 9.17) is 28.9 Å². The highest BCUT2D eigenvalue weighted by atomic mass is 35.5. The molecule has 1 nitrogen and oxygen atoms in total. The summed E-state index contributed by atoms with van der Waals surface area (Å²) in [5.74, 6) is 0. The van der Waals surface area contributed by atoms with Gasteiger partial charge in [-0.2, -0.15) is 0 Å². The summed E-state index contributed by atoms with van der Waals surface area (Å²) in [6.07, 6.45) is 0.682. The summed E-state index contributed by atoms with van der Waals surface area (Å²) in [6, 6.07) is 11.7. The number of halogens is 2. The molecule has 0 fully saturated rings. The zero-order valence-corrected chi connectivity index (χ0v) is 12.6. The normalized spacial score (nSPS) is 12.5. The fourth-order valence-electron chi connectivity index (χ4n) is 2.05. The lowest BCUT2D eigenvalue weighted by molar-refractivity contribution is 0.721. The molecule has 0 bridgehead atoms. The van der Waals surface area contributed by atoms with Crippen LogP contribution in [0.15, 0.2) is 36.4 Å². The van der Waals surface area contributed by atoms with Crippen LogP contribution < -0.4 is 5.73 Å². The molecule has 0 amide bonds. The Labute approximate surface area is 124 Å². The van der Waals surface area contributed by atoms with Gasteiger partial charge in [0.25, 0.3) is 0 Å². The van der Waals surface area contributed by atoms with Crippen LogP contribution in [0, 0.1) is 13.8 Å². The Kier molecular flexibility index (Phi) is 4.51. The third-order valence-corrected chi connectivity index (χ3v) is 4.01. The molecule has 100 valence electrons. The smallest absolute Gasteiger partial charge is 0.0439 e. The van der Waals surface area contributed by atoms with E-state index in [1.165, 1.54) is 11.1 Å². The predicted octanol–water partition coefficient (Wildman–Crippen LogP) is 4.85. The molecule has 2 N–H and O–H groups in total. The molecule has 2 rings (SSSR count). The maximum Gasteiger partial charge on any atom is 0.0439 e. The van der Waals surface area contributed by atoms with Crippen LogP contribution in [0.2, 0.25) is 10.0 Å². The van der Waals surface area contributed by atoms with Crippen molar-refractivity contribution in [3.05, 3.63) is 68.7 Å². The predicted molar refractivity (Wildman–Crippen MR) is 83.0 cm³/mol. The van der Waals surface area contributed by atoms with Gasteiger partial charge in [0, 0.05) is 16.1 Å². The lowest BCUT2D eigenvalue weighted by atomic mass is 9.96. The number of benzene rings is 2. The van der Waals surface area contributed by atoms with Gasteiger partial charge in [-0.25, -0.2) is 0 Å². The zero-order chi connectivity index (χ0) is 14.0. The highest BCUT2D eigenvalue weighted by Crippen LogP contribution is 2.26. The number of rotatable bonds is 3. The van der Waals surface area contributed by atoms with Crippen LogP contribution in [-0.2, 0) is 6.42 Å². The molecule has 0 aliphatic carbocycles. The van der Waals surface area contributed by atoms with Crippen LogP contribution >= 0.6 is 23.2 Å². The second-order valence-electron chi connectivity index (χ2n) is 4.89. The highest BCUT2D eigenvalue weighted by Gasteiger charge is 2.11. The van der Waals surface area contributed by atoms with Crippen molar-refractivity contribution in [1.29, 1.82) is 0 Å². The standard InChI is InChI=1S/C16H17Cl2N/c1-10-3-4-12(7-11(10)2)16(19)9-13-8-14(17)5-6-15(13)18/h3-8,16H,9,19H2,1-2H3. The lowest BCUT2D eigenvalue weighted by Crippen LogP contribution is -2.14. The molecule has 0 spiro atoms.